The van der Waals surface area contributed by atoms with Crippen molar-refractivity contribution in [3.8, 4) is 0 Å². The molecule has 1 aromatic rings. The van der Waals surface area contributed by atoms with E-state index in [1.165, 1.54) is 19.4 Å². The van der Waals surface area contributed by atoms with Crippen molar-refractivity contribution in [3.63, 3.8) is 0 Å². The van der Waals surface area contributed by atoms with Crippen LogP contribution in [0.15, 0.2) is 12.3 Å². The summed E-state index contributed by atoms with van der Waals surface area (Å²) in [4.78, 5) is 15.0. The number of hydrogen-bond donors (Lipinski definition) is 0. The molecule has 0 saturated heterocycles. The van der Waals surface area contributed by atoms with E-state index in [2.05, 4.69) is 9.72 Å². The molecule has 0 bridgehead atoms. The van der Waals surface area contributed by atoms with Crippen molar-refractivity contribution in [1.29, 1.82) is 0 Å². The highest BCUT2D eigenvalue weighted by molar-refractivity contribution is 14.1. The third-order valence-electron chi connectivity index (χ3n) is 1.21. The number of rotatable bonds is 1. The van der Waals surface area contributed by atoms with Crippen LogP contribution in [0.25, 0.3) is 0 Å². The van der Waals surface area contributed by atoms with Gasteiger partial charge in [0.15, 0.2) is 0 Å². The highest BCUT2D eigenvalue weighted by Crippen LogP contribution is 2.15. The predicted octanol–water partition coefficient (Wildman–Crippen LogP) is 2.13. The molecular weight excluding hydrogens is 292 g/mol. The SMILES string of the molecule is COC(=O)c1cc(Cl)cnc1I. The minimum atomic E-state index is -0.422. The molecule has 0 atom stereocenters. The Morgan fingerprint density at radius 1 is 1.75 bits per heavy atom. The van der Waals surface area contributed by atoms with Crippen LogP contribution in [-0.2, 0) is 4.74 Å². The third kappa shape index (κ3) is 2.07. The van der Waals surface area contributed by atoms with Gasteiger partial charge in [0.1, 0.15) is 3.70 Å². The zero-order chi connectivity index (χ0) is 9.14. The van der Waals surface area contributed by atoms with Gasteiger partial charge in [-0.25, -0.2) is 9.78 Å². The Morgan fingerprint density at radius 3 is 3.00 bits per heavy atom. The van der Waals surface area contributed by atoms with Crippen molar-refractivity contribution in [2.45, 2.75) is 0 Å². The summed E-state index contributed by atoms with van der Waals surface area (Å²) >= 11 is 7.59. The minimum Gasteiger partial charge on any atom is -0.465 e. The number of hydrogen-bond acceptors (Lipinski definition) is 3. The first-order valence-corrected chi connectivity index (χ1v) is 4.50. The monoisotopic (exact) mass is 297 g/mol. The Morgan fingerprint density at radius 2 is 2.42 bits per heavy atom. The van der Waals surface area contributed by atoms with Gasteiger partial charge in [-0.05, 0) is 28.7 Å². The zero-order valence-corrected chi connectivity index (χ0v) is 9.09. The van der Waals surface area contributed by atoms with Gasteiger partial charge in [-0.3, -0.25) is 0 Å². The molecule has 0 spiro atoms. The normalized spacial score (nSPS) is 9.58. The lowest BCUT2D eigenvalue weighted by molar-refractivity contribution is 0.0599. The van der Waals surface area contributed by atoms with Crippen molar-refractivity contribution in [3.05, 3.63) is 26.5 Å². The van der Waals surface area contributed by atoms with Crippen molar-refractivity contribution >= 4 is 40.2 Å². The fourth-order valence-electron chi connectivity index (χ4n) is 0.676. The summed E-state index contributed by atoms with van der Waals surface area (Å²) in [5.41, 5.74) is 0.394. The molecule has 0 radical (unpaired) electrons. The quantitative estimate of drug-likeness (QED) is 0.453. The van der Waals surface area contributed by atoms with Crippen LogP contribution in [0.3, 0.4) is 0 Å². The molecule has 0 saturated carbocycles. The van der Waals surface area contributed by atoms with Crippen LogP contribution < -0.4 is 0 Å². The van der Waals surface area contributed by atoms with E-state index >= 15 is 0 Å². The van der Waals surface area contributed by atoms with Gasteiger partial charge in [0.25, 0.3) is 0 Å². The maximum absolute atomic E-state index is 11.1. The number of esters is 1. The number of carbonyl (C=O) groups is 1. The van der Waals surface area contributed by atoms with Gasteiger partial charge in [-0.15, -0.1) is 0 Å². The molecule has 1 aromatic heterocycles. The smallest absolute Gasteiger partial charge is 0.340 e. The number of halogens is 2. The van der Waals surface area contributed by atoms with Crippen molar-refractivity contribution in [1.82, 2.24) is 4.98 Å². The Balaban J connectivity index is 3.13. The molecule has 5 heteroatoms. The summed E-state index contributed by atoms with van der Waals surface area (Å²) in [6.45, 7) is 0. The second-order valence-electron chi connectivity index (χ2n) is 1.98. The average Bonchev–Trinajstić information content (AvgIpc) is 2.08. The van der Waals surface area contributed by atoms with E-state index < -0.39 is 5.97 Å². The molecule has 12 heavy (non-hydrogen) atoms. The van der Waals surface area contributed by atoms with E-state index in [0.717, 1.165) is 0 Å². The average molecular weight is 297 g/mol. The molecule has 1 rings (SSSR count). The summed E-state index contributed by atoms with van der Waals surface area (Å²) in [7, 11) is 1.32. The molecule has 1 heterocycles. The van der Waals surface area contributed by atoms with Crippen LogP contribution in [0.1, 0.15) is 10.4 Å². The van der Waals surface area contributed by atoms with Gasteiger partial charge in [-0.1, -0.05) is 11.6 Å². The first-order chi connectivity index (χ1) is 5.65. The highest BCUT2D eigenvalue weighted by Gasteiger charge is 2.11. The molecule has 0 aliphatic rings. The first-order valence-electron chi connectivity index (χ1n) is 3.04. The van der Waals surface area contributed by atoms with Gasteiger partial charge >= 0.3 is 5.97 Å². The van der Waals surface area contributed by atoms with Crippen LogP contribution in [0, 0.1) is 3.70 Å². The Labute approximate surface area is 88.2 Å². The summed E-state index contributed by atoms with van der Waals surface area (Å²) in [6, 6.07) is 1.53. The predicted molar refractivity (Wildman–Crippen MR) is 53.3 cm³/mol. The summed E-state index contributed by atoms with van der Waals surface area (Å²) < 4.78 is 5.12. The lowest BCUT2D eigenvalue weighted by Crippen LogP contribution is -2.04. The van der Waals surface area contributed by atoms with Crippen molar-refractivity contribution < 1.29 is 9.53 Å². The summed E-state index contributed by atoms with van der Waals surface area (Å²) in [5, 5.41) is 0.427. The molecule has 3 nitrogen and oxygen atoms in total. The largest absolute Gasteiger partial charge is 0.465 e. The standard InChI is InChI=1S/C7H5ClINO2/c1-12-7(11)5-2-4(8)3-10-6(5)9/h2-3H,1H3. The van der Waals surface area contributed by atoms with Gasteiger partial charge < -0.3 is 4.74 Å². The third-order valence-corrected chi connectivity index (χ3v) is 2.28. The highest BCUT2D eigenvalue weighted by atomic mass is 127. The summed E-state index contributed by atoms with van der Waals surface area (Å²) in [6.07, 6.45) is 1.48. The van der Waals surface area contributed by atoms with E-state index in [0.29, 0.717) is 14.3 Å². The Bertz CT molecular complexity index is 316. The molecule has 0 amide bonds. The van der Waals surface area contributed by atoms with Crippen LogP contribution in [-0.4, -0.2) is 18.1 Å². The number of carbonyl (C=O) groups excluding carboxylic acids is 1. The number of ether oxygens (including phenoxy) is 1. The van der Waals surface area contributed by atoms with Crippen LogP contribution in [0.5, 0.6) is 0 Å². The molecule has 0 unspecified atom stereocenters. The lowest BCUT2D eigenvalue weighted by Gasteiger charge is -2.00. The Hall–Kier alpha value is -0.360. The number of pyridine rings is 1. The van der Waals surface area contributed by atoms with Crippen LogP contribution >= 0.6 is 34.2 Å². The van der Waals surface area contributed by atoms with Crippen LogP contribution in [0.4, 0.5) is 0 Å². The van der Waals surface area contributed by atoms with Gasteiger partial charge in [-0.2, -0.15) is 0 Å². The fraction of sp³-hybridized carbons (Fsp3) is 0.143. The minimum absolute atomic E-state index is 0.394. The molecule has 0 aromatic carbocycles. The molecule has 0 fully saturated rings. The van der Waals surface area contributed by atoms with Crippen LogP contribution in [0.2, 0.25) is 5.02 Å². The second-order valence-corrected chi connectivity index (χ2v) is 3.44. The zero-order valence-electron chi connectivity index (χ0n) is 6.17. The van der Waals surface area contributed by atoms with E-state index in [4.69, 9.17) is 11.6 Å². The van der Waals surface area contributed by atoms with E-state index in [-0.39, 0.29) is 0 Å². The number of aromatic nitrogens is 1. The van der Waals surface area contributed by atoms with Crippen molar-refractivity contribution in [2.75, 3.05) is 7.11 Å². The maximum atomic E-state index is 11.1. The van der Waals surface area contributed by atoms with E-state index in [1.807, 2.05) is 22.6 Å². The lowest BCUT2D eigenvalue weighted by atomic mass is 10.3. The Kier molecular flexibility index (Phi) is 3.28. The number of nitrogens with zero attached hydrogens (tertiary/aromatic N) is 1. The first kappa shape index (κ1) is 9.73. The second kappa shape index (κ2) is 4.04. The molecule has 0 aliphatic heterocycles. The van der Waals surface area contributed by atoms with Gasteiger partial charge in [0.2, 0.25) is 0 Å². The molecule has 0 aliphatic carbocycles. The topological polar surface area (TPSA) is 39.2 Å². The van der Waals surface area contributed by atoms with Crippen molar-refractivity contribution in [2.24, 2.45) is 0 Å². The molecular formula is C7H5ClINO2. The fourth-order valence-corrected chi connectivity index (χ4v) is 1.35. The van der Waals surface area contributed by atoms with E-state index in [1.54, 1.807) is 0 Å². The van der Waals surface area contributed by atoms with Gasteiger partial charge in [0.05, 0.1) is 17.7 Å². The number of methoxy groups -OCH3 is 1. The maximum Gasteiger partial charge on any atom is 0.340 e. The molecule has 0 N–H and O–H groups in total. The summed E-state index contributed by atoms with van der Waals surface area (Å²) in [5.74, 6) is -0.422. The molecule has 64 valence electrons. The van der Waals surface area contributed by atoms with Gasteiger partial charge in [0, 0.05) is 6.20 Å². The van der Waals surface area contributed by atoms with E-state index in [9.17, 15) is 4.79 Å².